The van der Waals surface area contributed by atoms with Crippen LogP contribution in [0.25, 0.3) is 10.9 Å². The zero-order chi connectivity index (χ0) is 13.7. The molecule has 5 heteroatoms. The molecular weight excluding hydrogens is 244 g/mol. The number of benzene rings is 1. The number of ether oxygens (including phenoxy) is 1. The SMILES string of the molecule is CCCCCOc1cc([N+](=O)[O-])c2ccccc2n1. The van der Waals surface area contributed by atoms with Gasteiger partial charge in [0.15, 0.2) is 0 Å². The second-order valence-electron chi connectivity index (χ2n) is 4.31. The molecule has 0 fully saturated rings. The van der Waals surface area contributed by atoms with Crippen LogP contribution in [0.5, 0.6) is 5.88 Å². The van der Waals surface area contributed by atoms with Gasteiger partial charge in [0.1, 0.15) is 0 Å². The smallest absolute Gasteiger partial charge is 0.284 e. The predicted molar refractivity (Wildman–Crippen MR) is 73.4 cm³/mol. The second-order valence-corrected chi connectivity index (χ2v) is 4.31. The molecule has 0 atom stereocenters. The Balaban J connectivity index is 2.27. The molecule has 1 heterocycles. The monoisotopic (exact) mass is 260 g/mol. The number of hydrogen-bond donors (Lipinski definition) is 0. The Hall–Kier alpha value is -2.17. The van der Waals surface area contributed by atoms with E-state index >= 15 is 0 Å². The number of pyridine rings is 1. The highest BCUT2D eigenvalue weighted by Crippen LogP contribution is 2.28. The summed E-state index contributed by atoms with van der Waals surface area (Å²) in [6.45, 7) is 2.65. The van der Waals surface area contributed by atoms with Gasteiger partial charge >= 0.3 is 0 Å². The molecule has 1 aromatic carbocycles. The number of rotatable bonds is 6. The van der Waals surface area contributed by atoms with Gasteiger partial charge in [-0.3, -0.25) is 10.1 Å². The molecule has 0 bridgehead atoms. The van der Waals surface area contributed by atoms with Gasteiger partial charge in [-0.25, -0.2) is 4.98 Å². The third-order valence-electron chi connectivity index (χ3n) is 2.87. The summed E-state index contributed by atoms with van der Waals surface area (Å²) in [7, 11) is 0. The maximum atomic E-state index is 11.1. The van der Waals surface area contributed by atoms with E-state index in [9.17, 15) is 10.1 Å². The van der Waals surface area contributed by atoms with Crippen molar-refractivity contribution in [2.24, 2.45) is 0 Å². The minimum absolute atomic E-state index is 0.0380. The number of nitrogens with zero attached hydrogens (tertiary/aromatic N) is 2. The number of fused-ring (bicyclic) bond motifs is 1. The van der Waals surface area contributed by atoms with Gasteiger partial charge in [-0.15, -0.1) is 0 Å². The highest BCUT2D eigenvalue weighted by molar-refractivity contribution is 5.88. The lowest BCUT2D eigenvalue weighted by Crippen LogP contribution is -2.00. The van der Waals surface area contributed by atoms with Crippen molar-refractivity contribution in [2.45, 2.75) is 26.2 Å². The van der Waals surface area contributed by atoms with Gasteiger partial charge in [-0.2, -0.15) is 0 Å². The van der Waals surface area contributed by atoms with Crippen LogP contribution in [0.2, 0.25) is 0 Å². The molecule has 0 aliphatic heterocycles. The van der Waals surface area contributed by atoms with Crippen molar-refractivity contribution in [3.63, 3.8) is 0 Å². The number of nitro groups is 1. The molecule has 2 aromatic rings. The Labute approximate surface area is 111 Å². The fourth-order valence-electron chi connectivity index (χ4n) is 1.89. The molecule has 0 unspecified atom stereocenters. The van der Waals surface area contributed by atoms with E-state index in [1.165, 1.54) is 6.07 Å². The second kappa shape index (κ2) is 6.13. The molecule has 100 valence electrons. The molecule has 0 amide bonds. The maximum Gasteiger partial charge on any atom is 0.284 e. The molecule has 0 radical (unpaired) electrons. The van der Waals surface area contributed by atoms with Crippen LogP contribution in [-0.4, -0.2) is 16.5 Å². The number of aromatic nitrogens is 1. The average Bonchev–Trinajstić information content (AvgIpc) is 2.42. The van der Waals surface area contributed by atoms with E-state index in [1.54, 1.807) is 24.3 Å². The van der Waals surface area contributed by atoms with E-state index < -0.39 is 4.92 Å². The third kappa shape index (κ3) is 3.19. The van der Waals surface area contributed by atoms with Gasteiger partial charge in [-0.05, 0) is 18.6 Å². The van der Waals surface area contributed by atoms with E-state index in [-0.39, 0.29) is 5.69 Å². The van der Waals surface area contributed by atoms with Crippen molar-refractivity contribution >= 4 is 16.6 Å². The summed E-state index contributed by atoms with van der Waals surface area (Å²) in [5.74, 6) is 0.321. The first-order valence-electron chi connectivity index (χ1n) is 6.39. The first-order chi connectivity index (χ1) is 9.22. The fraction of sp³-hybridized carbons (Fsp3) is 0.357. The van der Waals surface area contributed by atoms with Crippen molar-refractivity contribution < 1.29 is 9.66 Å². The fourth-order valence-corrected chi connectivity index (χ4v) is 1.89. The molecule has 0 N–H and O–H groups in total. The summed E-state index contributed by atoms with van der Waals surface area (Å²) in [5.41, 5.74) is 0.623. The lowest BCUT2D eigenvalue weighted by Gasteiger charge is -2.06. The lowest BCUT2D eigenvalue weighted by molar-refractivity contribution is -0.383. The number of unbranched alkanes of at least 4 members (excludes halogenated alkanes) is 2. The van der Waals surface area contributed by atoms with Gasteiger partial charge in [0.05, 0.1) is 28.5 Å². The molecule has 0 aliphatic carbocycles. The zero-order valence-corrected chi connectivity index (χ0v) is 10.8. The summed E-state index contributed by atoms with van der Waals surface area (Å²) >= 11 is 0. The molecule has 2 rings (SSSR count). The molecule has 0 spiro atoms. The quantitative estimate of drug-likeness (QED) is 0.451. The standard InChI is InChI=1S/C14H16N2O3/c1-2-3-6-9-19-14-10-13(16(17)18)11-7-4-5-8-12(11)15-14/h4-5,7-8,10H,2-3,6,9H2,1H3. The zero-order valence-electron chi connectivity index (χ0n) is 10.8. The van der Waals surface area contributed by atoms with Crippen molar-refractivity contribution in [1.29, 1.82) is 0 Å². The van der Waals surface area contributed by atoms with Gasteiger partial charge in [0, 0.05) is 0 Å². The van der Waals surface area contributed by atoms with E-state index in [2.05, 4.69) is 11.9 Å². The summed E-state index contributed by atoms with van der Waals surface area (Å²) < 4.78 is 5.49. The molecular formula is C14H16N2O3. The first kappa shape index (κ1) is 13.3. The van der Waals surface area contributed by atoms with E-state index in [1.807, 2.05) is 0 Å². The molecule has 19 heavy (non-hydrogen) atoms. The van der Waals surface area contributed by atoms with E-state index in [0.29, 0.717) is 23.4 Å². The first-order valence-corrected chi connectivity index (χ1v) is 6.39. The van der Waals surface area contributed by atoms with Crippen molar-refractivity contribution in [1.82, 2.24) is 4.98 Å². The maximum absolute atomic E-state index is 11.1. The predicted octanol–water partition coefficient (Wildman–Crippen LogP) is 3.71. The van der Waals surface area contributed by atoms with Crippen LogP contribution in [0, 0.1) is 10.1 Å². The van der Waals surface area contributed by atoms with Gasteiger partial charge in [-0.1, -0.05) is 31.9 Å². The van der Waals surface area contributed by atoms with Crippen LogP contribution in [-0.2, 0) is 0 Å². The average molecular weight is 260 g/mol. The van der Waals surface area contributed by atoms with Crippen LogP contribution in [0.1, 0.15) is 26.2 Å². The van der Waals surface area contributed by atoms with E-state index in [0.717, 1.165) is 19.3 Å². The largest absolute Gasteiger partial charge is 0.477 e. The molecule has 0 aliphatic rings. The van der Waals surface area contributed by atoms with Gasteiger partial charge in [0.25, 0.3) is 5.69 Å². The highest BCUT2D eigenvalue weighted by Gasteiger charge is 2.15. The van der Waals surface area contributed by atoms with Crippen LogP contribution in [0.15, 0.2) is 30.3 Å². The van der Waals surface area contributed by atoms with Crippen LogP contribution < -0.4 is 4.74 Å². The Morgan fingerprint density at radius 3 is 2.84 bits per heavy atom. The van der Waals surface area contributed by atoms with E-state index in [4.69, 9.17) is 4.74 Å². The Morgan fingerprint density at radius 1 is 1.32 bits per heavy atom. The summed E-state index contributed by atoms with van der Waals surface area (Å²) in [4.78, 5) is 15.0. The van der Waals surface area contributed by atoms with Crippen LogP contribution >= 0.6 is 0 Å². The van der Waals surface area contributed by atoms with Crippen LogP contribution in [0.3, 0.4) is 0 Å². The Bertz CT molecular complexity index is 584. The Kier molecular flexibility index (Phi) is 4.28. The Morgan fingerprint density at radius 2 is 2.11 bits per heavy atom. The highest BCUT2D eigenvalue weighted by atomic mass is 16.6. The van der Waals surface area contributed by atoms with Gasteiger partial charge < -0.3 is 4.74 Å². The molecule has 5 nitrogen and oxygen atoms in total. The summed E-state index contributed by atoms with van der Waals surface area (Å²) in [6, 6.07) is 8.41. The molecule has 0 saturated heterocycles. The summed E-state index contributed by atoms with van der Waals surface area (Å²) in [6.07, 6.45) is 3.11. The van der Waals surface area contributed by atoms with Crippen molar-refractivity contribution in [3.8, 4) is 5.88 Å². The minimum atomic E-state index is -0.400. The van der Waals surface area contributed by atoms with Crippen molar-refractivity contribution in [3.05, 3.63) is 40.4 Å². The number of hydrogen-bond acceptors (Lipinski definition) is 4. The minimum Gasteiger partial charge on any atom is -0.477 e. The topological polar surface area (TPSA) is 65.3 Å². The third-order valence-corrected chi connectivity index (χ3v) is 2.87. The molecule has 0 saturated carbocycles. The van der Waals surface area contributed by atoms with Crippen LogP contribution in [0.4, 0.5) is 5.69 Å². The van der Waals surface area contributed by atoms with Gasteiger partial charge in [0.2, 0.25) is 5.88 Å². The van der Waals surface area contributed by atoms with Crippen molar-refractivity contribution in [2.75, 3.05) is 6.61 Å². The summed E-state index contributed by atoms with van der Waals surface area (Å²) in [5, 5.41) is 11.6. The lowest BCUT2D eigenvalue weighted by atomic mass is 10.2. The normalized spacial score (nSPS) is 10.6. The number of para-hydroxylation sites is 1. The molecule has 1 aromatic heterocycles.